The van der Waals surface area contributed by atoms with Gasteiger partial charge in [0.2, 0.25) is 0 Å². The van der Waals surface area contributed by atoms with Crippen LogP contribution in [-0.4, -0.2) is 36.1 Å². The minimum Gasteiger partial charge on any atom is -0.487 e. The van der Waals surface area contributed by atoms with Crippen LogP contribution in [0, 0.1) is 0 Å². The number of nitrogen functional groups attached to an aromatic ring is 1. The molecule has 0 saturated carbocycles. The van der Waals surface area contributed by atoms with E-state index in [0.717, 1.165) is 25.3 Å². The number of aromatic nitrogens is 1. The number of ether oxygens (including phenoxy) is 1. The van der Waals surface area contributed by atoms with Crippen molar-refractivity contribution in [2.45, 2.75) is 12.5 Å². The minimum atomic E-state index is 0.268. The quantitative estimate of drug-likeness (QED) is 0.753. The number of pyridine rings is 1. The number of hydrogen-bond donors (Lipinski definition) is 1. The molecule has 4 nitrogen and oxygen atoms in total. The molecule has 14 heavy (non-hydrogen) atoms. The molecule has 0 bridgehead atoms. The van der Waals surface area contributed by atoms with Crippen molar-refractivity contribution >= 4 is 5.69 Å². The fourth-order valence-electron chi connectivity index (χ4n) is 1.67. The number of hydrogen-bond acceptors (Lipinski definition) is 4. The minimum absolute atomic E-state index is 0.268. The summed E-state index contributed by atoms with van der Waals surface area (Å²) in [5, 5.41) is 0. The summed E-state index contributed by atoms with van der Waals surface area (Å²) in [6.45, 7) is 2.07. The number of likely N-dealkylation sites (tertiary alicyclic amines) is 1. The molecule has 1 fully saturated rings. The Morgan fingerprint density at radius 3 is 3.14 bits per heavy atom. The normalized spacial score (nSPS) is 22.5. The van der Waals surface area contributed by atoms with Crippen LogP contribution in [0.1, 0.15) is 6.42 Å². The zero-order chi connectivity index (χ0) is 9.97. The number of nitrogens with zero attached hydrogens (tertiary/aromatic N) is 2. The predicted molar refractivity (Wildman–Crippen MR) is 55.2 cm³/mol. The van der Waals surface area contributed by atoms with E-state index >= 15 is 0 Å². The highest BCUT2D eigenvalue weighted by Gasteiger charge is 2.21. The fraction of sp³-hybridized carbons (Fsp3) is 0.500. The Bertz CT molecular complexity index is 316. The lowest BCUT2D eigenvalue weighted by Crippen LogP contribution is -2.21. The Balaban J connectivity index is 2.01. The van der Waals surface area contributed by atoms with Crippen LogP contribution in [0.5, 0.6) is 5.75 Å². The molecule has 1 aromatic rings. The van der Waals surface area contributed by atoms with E-state index in [1.165, 1.54) is 0 Å². The summed E-state index contributed by atoms with van der Waals surface area (Å²) in [6, 6.07) is 1.81. The Morgan fingerprint density at radius 1 is 1.64 bits per heavy atom. The molecule has 1 aliphatic rings. The van der Waals surface area contributed by atoms with Crippen molar-refractivity contribution in [3.63, 3.8) is 0 Å². The van der Waals surface area contributed by atoms with Crippen LogP contribution in [0.2, 0.25) is 0 Å². The maximum Gasteiger partial charge on any atom is 0.145 e. The third-order valence-electron chi connectivity index (χ3n) is 2.45. The molecule has 2 N–H and O–H groups in total. The van der Waals surface area contributed by atoms with E-state index < -0.39 is 0 Å². The molecule has 1 unspecified atom stereocenters. The number of likely N-dealkylation sites (N-methyl/N-ethyl adjacent to an activating group) is 1. The first-order valence-electron chi connectivity index (χ1n) is 4.80. The molecular weight excluding hydrogens is 178 g/mol. The van der Waals surface area contributed by atoms with Crippen LogP contribution >= 0.6 is 0 Å². The van der Waals surface area contributed by atoms with E-state index in [0.29, 0.717) is 5.69 Å². The van der Waals surface area contributed by atoms with Crippen LogP contribution in [0.15, 0.2) is 18.5 Å². The van der Waals surface area contributed by atoms with Crippen LogP contribution in [0.4, 0.5) is 5.69 Å². The van der Waals surface area contributed by atoms with Gasteiger partial charge in [-0.2, -0.15) is 0 Å². The van der Waals surface area contributed by atoms with Gasteiger partial charge in [0.15, 0.2) is 0 Å². The second-order valence-corrected chi connectivity index (χ2v) is 3.70. The standard InChI is InChI=1S/C10H15N3O/c1-13-5-3-8(7-13)14-10-2-4-12-6-9(10)11/h2,4,6,8H,3,5,7,11H2,1H3. The first-order chi connectivity index (χ1) is 6.75. The molecule has 1 aliphatic heterocycles. The number of nitrogens with two attached hydrogens (primary N) is 1. The lowest BCUT2D eigenvalue weighted by molar-refractivity contribution is 0.209. The van der Waals surface area contributed by atoms with E-state index in [2.05, 4.69) is 16.9 Å². The van der Waals surface area contributed by atoms with Gasteiger partial charge in [0.1, 0.15) is 11.9 Å². The fourth-order valence-corrected chi connectivity index (χ4v) is 1.67. The van der Waals surface area contributed by atoms with Crippen LogP contribution in [0.25, 0.3) is 0 Å². The van der Waals surface area contributed by atoms with Gasteiger partial charge < -0.3 is 15.4 Å². The lowest BCUT2D eigenvalue weighted by Gasteiger charge is -2.14. The van der Waals surface area contributed by atoms with Gasteiger partial charge in [0.25, 0.3) is 0 Å². The maximum absolute atomic E-state index is 5.77. The van der Waals surface area contributed by atoms with E-state index in [1.807, 2.05) is 6.07 Å². The zero-order valence-electron chi connectivity index (χ0n) is 8.31. The number of rotatable bonds is 2. The van der Waals surface area contributed by atoms with Gasteiger partial charge in [-0.1, -0.05) is 0 Å². The molecule has 0 aliphatic carbocycles. The highest BCUT2D eigenvalue weighted by Crippen LogP contribution is 2.22. The van der Waals surface area contributed by atoms with E-state index in [1.54, 1.807) is 12.4 Å². The maximum atomic E-state index is 5.77. The van der Waals surface area contributed by atoms with Gasteiger partial charge in [-0.15, -0.1) is 0 Å². The average Bonchev–Trinajstić information content (AvgIpc) is 2.56. The monoisotopic (exact) mass is 193 g/mol. The second-order valence-electron chi connectivity index (χ2n) is 3.70. The van der Waals surface area contributed by atoms with Crippen molar-refractivity contribution in [1.29, 1.82) is 0 Å². The van der Waals surface area contributed by atoms with E-state index in [4.69, 9.17) is 10.5 Å². The molecule has 0 amide bonds. The molecule has 2 heterocycles. The summed E-state index contributed by atoms with van der Waals surface area (Å²) in [7, 11) is 2.10. The Morgan fingerprint density at radius 2 is 2.50 bits per heavy atom. The van der Waals surface area contributed by atoms with Crippen molar-refractivity contribution in [3.8, 4) is 5.75 Å². The highest BCUT2D eigenvalue weighted by atomic mass is 16.5. The van der Waals surface area contributed by atoms with Gasteiger partial charge >= 0.3 is 0 Å². The summed E-state index contributed by atoms with van der Waals surface area (Å²) in [5.74, 6) is 0.750. The first-order valence-corrected chi connectivity index (χ1v) is 4.80. The highest BCUT2D eigenvalue weighted by molar-refractivity contribution is 5.49. The third kappa shape index (κ3) is 1.96. The van der Waals surface area contributed by atoms with Crippen molar-refractivity contribution < 1.29 is 4.74 Å². The molecule has 0 aromatic carbocycles. The average molecular weight is 193 g/mol. The van der Waals surface area contributed by atoms with Crippen molar-refractivity contribution in [2.24, 2.45) is 0 Å². The van der Waals surface area contributed by atoms with Crippen molar-refractivity contribution in [3.05, 3.63) is 18.5 Å². The summed E-state index contributed by atoms with van der Waals surface area (Å²) in [6.07, 6.45) is 4.65. The Hall–Kier alpha value is -1.29. The molecular formula is C10H15N3O. The smallest absolute Gasteiger partial charge is 0.145 e. The molecule has 4 heteroatoms. The van der Waals surface area contributed by atoms with E-state index in [9.17, 15) is 0 Å². The third-order valence-corrected chi connectivity index (χ3v) is 2.45. The van der Waals surface area contributed by atoms with Gasteiger partial charge in [-0.25, -0.2) is 0 Å². The first kappa shape index (κ1) is 9.27. The number of anilines is 1. The van der Waals surface area contributed by atoms with Crippen LogP contribution in [-0.2, 0) is 0 Å². The molecule has 0 spiro atoms. The van der Waals surface area contributed by atoms with Gasteiger partial charge in [-0.05, 0) is 13.5 Å². The lowest BCUT2D eigenvalue weighted by atomic mass is 10.3. The summed E-state index contributed by atoms with van der Waals surface area (Å²) in [4.78, 5) is 6.17. The van der Waals surface area contributed by atoms with Gasteiger partial charge in [0.05, 0.1) is 11.9 Å². The summed E-state index contributed by atoms with van der Waals surface area (Å²) in [5.41, 5.74) is 6.35. The second kappa shape index (κ2) is 3.84. The molecule has 76 valence electrons. The zero-order valence-corrected chi connectivity index (χ0v) is 8.31. The van der Waals surface area contributed by atoms with E-state index in [-0.39, 0.29) is 6.10 Å². The van der Waals surface area contributed by atoms with Crippen LogP contribution < -0.4 is 10.5 Å². The predicted octanol–water partition coefficient (Wildman–Crippen LogP) is 0.747. The van der Waals surface area contributed by atoms with Crippen LogP contribution in [0.3, 0.4) is 0 Å². The van der Waals surface area contributed by atoms with Crippen molar-refractivity contribution in [2.75, 3.05) is 25.9 Å². The summed E-state index contributed by atoms with van der Waals surface area (Å²) < 4.78 is 5.77. The van der Waals surface area contributed by atoms with Gasteiger partial charge in [0, 0.05) is 25.4 Å². The molecule has 0 radical (unpaired) electrons. The van der Waals surface area contributed by atoms with Crippen molar-refractivity contribution in [1.82, 2.24) is 9.88 Å². The SMILES string of the molecule is CN1CCC(Oc2ccncc2N)C1. The van der Waals surface area contributed by atoms with Gasteiger partial charge in [-0.3, -0.25) is 4.98 Å². The molecule has 1 saturated heterocycles. The topological polar surface area (TPSA) is 51.4 Å². The molecule has 1 aromatic heterocycles. The largest absolute Gasteiger partial charge is 0.487 e. The Kier molecular flexibility index (Phi) is 2.54. The molecule has 2 rings (SSSR count). The molecule has 1 atom stereocenters. The summed E-state index contributed by atoms with van der Waals surface area (Å²) >= 11 is 0. The Labute approximate surface area is 83.7 Å².